The Hall–Kier alpha value is -3.22. The number of nitrogens with zero attached hydrogens (tertiary/aromatic N) is 4. The Bertz CT molecular complexity index is 984. The van der Waals surface area contributed by atoms with Gasteiger partial charge in [0.1, 0.15) is 5.76 Å². The maximum Gasteiger partial charge on any atom is 0.224 e. The van der Waals surface area contributed by atoms with Crippen molar-refractivity contribution in [2.45, 2.75) is 52.4 Å². The van der Waals surface area contributed by atoms with Crippen LogP contribution in [0, 0.1) is 13.8 Å². The molecule has 1 saturated heterocycles. The van der Waals surface area contributed by atoms with E-state index in [1.165, 1.54) is 25.7 Å². The average molecular weight is 420 g/mol. The van der Waals surface area contributed by atoms with E-state index < -0.39 is 0 Å². The molecule has 1 N–H and O–H groups in total. The monoisotopic (exact) mass is 419 g/mol. The van der Waals surface area contributed by atoms with Gasteiger partial charge in [-0.15, -0.1) is 10.2 Å². The van der Waals surface area contributed by atoms with Gasteiger partial charge in [-0.1, -0.05) is 30.1 Å². The standard InChI is InChI=1S/C24H29N5O2/c1-17-21(18(2)31-28-17)11-14-24(30)25-20-9-7-19(8-10-20)22-12-13-23(27-26-22)29-15-5-3-4-6-16-29/h7-10,12-13H,3-6,11,14-16H2,1-2H3,(H,25,30). The second-order valence-corrected chi connectivity index (χ2v) is 8.11. The van der Waals surface area contributed by atoms with Crippen molar-refractivity contribution >= 4 is 17.4 Å². The van der Waals surface area contributed by atoms with Gasteiger partial charge in [-0.3, -0.25) is 4.79 Å². The maximum atomic E-state index is 12.3. The highest BCUT2D eigenvalue weighted by Crippen LogP contribution is 2.22. The molecule has 7 heteroatoms. The lowest BCUT2D eigenvalue weighted by Crippen LogP contribution is -2.25. The van der Waals surface area contributed by atoms with Crippen molar-refractivity contribution in [2.24, 2.45) is 0 Å². The third-order valence-electron chi connectivity index (χ3n) is 5.83. The number of amides is 1. The van der Waals surface area contributed by atoms with Crippen molar-refractivity contribution in [1.82, 2.24) is 15.4 Å². The van der Waals surface area contributed by atoms with Crippen LogP contribution in [0.1, 0.15) is 49.1 Å². The minimum Gasteiger partial charge on any atom is -0.361 e. The summed E-state index contributed by atoms with van der Waals surface area (Å²) in [5, 5.41) is 15.8. The van der Waals surface area contributed by atoms with E-state index in [9.17, 15) is 4.79 Å². The molecule has 1 amide bonds. The Balaban J connectivity index is 1.33. The Morgan fingerprint density at radius 3 is 2.35 bits per heavy atom. The van der Waals surface area contributed by atoms with E-state index in [1.54, 1.807) is 0 Å². The fourth-order valence-corrected chi connectivity index (χ4v) is 3.99. The largest absolute Gasteiger partial charge is 0.361 e. The summed E-state index contributed by atoms with van der Waals surface area (Å²) < 4.78 is 5.15. The van der Waals surface area contributed by atoms with E-state index in [1.807, 2.05) is 44.2 Å². The van der Waals surface area contributed by atoms with Crippen molar-refractivity contribution in [3.8, 4) is 11.3 Å². The summed E-state index contributed by atoms with van der Waals surface area (Å²) in [6, 6.07) is 11.8. The number of hydrogen-bond donors (Lipinski definition) is 1. The first-order chi connectivity index (χ1) is 15.1. The summed E-state index contributed by atoms with van der Waals surface area (Å²) in [5.41, 5.74) is 4.42. The Morgan fingerprint density at radius 2 is 1.74 bits per heavy atom. The summed E-state index contributed by atoms with van der Waals surface area (Å²) in [6.07, 6.45) is 6.02. The molecule has 0 radical (unpaired) electrons. The molecular formula is C24H29N5O2. The summed E-state index contributed by atoms with van der Waals surface area (Å²) >= 11 is 0. The zero-order valence-electron chi connectivity index (χ0n) is 18.2. The van der Waals surface area contributed by atoms with Gasteiger partial charge < -0.3 is 14.7 Å². The van der Waals surface area contributed by atoms with Crippen LogP contribution in [0.3, 0.4) is 0 Å². The Morgan fingerprint density at radius 1 is 1.00 bits per heavy atom. The molecule has 0 bridgehead atoms. The lowest BCUT2D eigenvalue weighted by molar-refractivity contribution is -0.116. The first-order valence-electron chi connectivity index (χ1n) is 11.0. The van der Waals surface area contributed by atoms with E-state index >= 15 is 0 Å². The van der Waals surface area contributed by atoms with Crippen molar-refractivity contribution in [1.29, 1.82) is 0 Å². The fourth-order valence-electron chi connectivity index (χ4n) is 3.99. The first-order valence-corrected chi connectivity index (χ1v) is 11.0. The van der Waals surface area contributed by atoms with Gasteiger partial charge in [0, 0.05) is 36.3 Å². The highest BCUT2D eigenvalue weighted by molar-refractivity contribution is 5.91. The molecule has 1 aliphatic rings. The number of benzene rings is 1. The Kier molecular flexibility index (Phi) is 6.60. The Labute approximate surface area is 182 Å². The molecule has 7 nitrogen and oxygen atoms in total. The molecule has 0 unspecified atom stereocenters. The van der Waals surface area contributed by atoms with Crippen LogP contribution in [-0.4, -0.2) is 34.4 Å². The van der Waals surface area contributed by atoms with Crippen LogP contribution in [0.25, 0.3) is 11.3 Å². The van der Waals surface area contributed by atoms with E-state index in [4.69, 9.17) is 4.52 Å². The molecule has 1 fully saturated rings. The highest BCUT2D eigenvalue weighted by atomic mass is 16.5. The van der Waals surface area contributed by atoms with Gasteiger partial charge in [0.15, 0.2) is 5.82 Å². The molecule has 0 aliphatic carbocycles. The smallest absolute Gasteiger partial charge is 0.224 e. The molecule has 3 heterocycles. The maximum absolute atomic E-state index is 12.3. The minimum atomic E-state index is -0.0330. The summed E-state index contributed by atoms with van der Waals surface area (Å²) in [4.78, 5) is 14.6. The lowest BCUT2D eigenvalue weighted by Gasteiger charge is -2.20. The van der Waals surface area contributed by atoms with Crippen LogP contribution in [0.15, 0.2) is 40.9 Å². The number of nitrogens with one attached hydrogen (secondary N) is 1. The second kappa shape index (κ2) is 9.73. The number of carbonyl (C=O) groups is 1. The predicted molar refractivity (Wildman–Crippen MR) is 121 cm³/mol. The summed E-state index contributed by atoms with van der Waals surface area (Å²) in [7, 11) is 0. The number of rotatable bonds is 6. The second-order valence-electron chi connectivity index (χ2n) is 8.11. The molecule has 162 valence electrons. The van der Waals surface area contributed by atoms with E-state index in [2.05, 4.69) is 31.6 Å². The average Bonchev–Trinajstić information content (AvgIpc) is 2.98. The zero-order chi connectivity index (χ0) is 21.6. The van der Waals surface area contributed by atoms with Gasteiger partial charge in [-0.05, 0) is 57.4 Å². The van der Waals surface area contributed by atoms with Gasteiger partial charge in [0.25, 0.3) is 0 Å². The van der Waals surface area contributed by atoms with E-state index in [-0.39, 0.29) is 5.91 Å². The van der Waals surface area contributed by atoms with Gasteiger partial charge >= 0.3 is 0 Å². The molecule has 0 saturated carbocycles. The molecule has 31 heavy (non-hydrogen) atoms. The molecule has 1 aromatic carbocycles. The van der Waals surface area contributed by atoms with E-state index in [0.29, 0.717) is 12.8 Å². The molecule has 4 rings (SSSR count). The molecule has 1 aliphatic heterocycles. The number of carbonyl (C=O) groups excluding carboxylic acids is 1. The molecule has 0 spiro atoms. The van der Waals surface area contributed by atoms with Crippen molar-refractivity contribution in [3.05, 3.63) is 53.4 Å². The SMILES string of the molecule is Cc1noc(C)c1CCC(=O)Nc1ccc(-c2ccc(N3CCCCCC3)nn2)cc1. The molecule has 2 aromatic heterocycles. The number of hydrogen-bond acceptors (Lipinski definition) is 6. The van der Waals surface area contributed by atoms with Crippen LogP contribution >= 0.6 is 0 Å². The van der Waals surface area contributed by atoms with Crippen LogP contribution in [-0.2, 0) is 11.2 Å². The molecular weight excluding hydrogens is 390 g/mol. The normalized spacial score (nSPS) is 14.3. The van der Waals surface area contributed by atoms with E-state index in [0.717, 1.165) is 52.9 Å². The van der Waals surface area contributed by atoms with Gasteiger partial charge in [-0.2, -0.15) is 0 Å². The van der Waals surface area contributed by atoms with Crippen molar-refractivity contribution in [3.63, 3.8) is 0 Å². The van der Waals surface area contributed by atoms with Crippen LogP contribution < -0.4 is 10.2 Å². The number of aromatic nitrogens is 3. The summed E-state index contributed by atoms with van der Waals surface area (Å²) in [6.45, 7) is 5.87. The first kappa shape index (κ1) is 21.0. The van der Waals surface area contributed by atoms with Crippen molar-refractivity contribution in [2.75, 3.05) is 23.3 Å². The van der Waals surface area contributed by atoms with Crippen LogP contribution in [0.2, 0.25) is 0 Å². The third-order valence-corrected chi connectivity index (χ3v) is 5.83. The van der Waals surface area contributed by atoms with Crippen LogP contribution in [0.4, 0.5) is 11.5 Å². The third kappa shape index (κ3) is 5.29. The fraction of sp³-hybridized carbons (Fsp3) is 0.417. The zero-order valence-corrected chi connectivity index (χ0v) is 18.2. The van der Waals surface area contributed by atoms with Gasteiger partial charge in [-0.25, -0.2) is 0 Å². The topological polar surface area (TPSA) is 84.2 Å². The van der Waals surface area contributed by atoms with Crippen molar-refractivity contribution < 1.29 is 9.32 Å². The minimum absolute atomic E-state index is 0.0330. The lowest BCUT2D eigenvalue weighted by atomic mass is 10.1. The number of aryl methyl sites for hydroxylation is 2. The van der Waals surface area contributed by atoms with Gasteiger partial charge in [0.2, 0.25) is 5.91 Å². The quantitative estimate of drug-likeness (QED) is 0.623. The number of anilines is 2. The summed E-state index contributed by atoms with van der Waals surface area (Å²) in [5.74, 6) is 1.69. The molecule has 3 aromatic rings. The molecule has 0 atom stereocenters. The van der Waals surface area contributed by atoms with Crippen LogP contribution in [0.5, 0.6) is 0 Å². The predicted octanol–water partition coefficient (Wildman–Crippen LogP) is 4.70. The van der Waals surface area contributed by atoms with Gasteiger partial charge in [0.05, 0.1) is 11.4 Å². The highest BCUT2D eigenvalue weighted by Gasteiger charge is 2.13.